The smallest absolute Gasteiger partial charge is 0.310 e. The molecule has 1 aliphatic rings. The molecule has 1 rings (SSSR count). The highest BCUT2D eigenvalue weighted by atomic mass is 16.6. The van der Waals surface area contributed by atoms with Crippen molar-refractivity contribution in [1.29, 1.82) is 0 Å². The van der Waals surface area contributed by atoms with E-state index in [1.165, 1.54) is 6.42 Å². The number of nitrogens with two attached hydrogens (primary N) is 1. The standard InChI is InChI=1S/C9H17NO2/c1-7(10)12-9(11)8-5-3-2-4-6-8/h7-8H,2-6,10H2,1H3. The Labute approximate surface area is 73.3 Å². The molecule has 1 atom stereocenters. The second-order valence-corrected chi connectivity index (χ2v) is 3.48. The first-order valence-corrected chi connectivity index (χ1v) is 4.66. The highest BCUT2D eigenvalue weighted by Crippen LogP contribution is 2.24. The highest BCUT2D eigenvalue weighted by Gasteiger charge is 2.22. The molecule has 12 heavy (non-hydrogen) atoms. The van der Waals surface area contributed by atoms with Crippen molar-refractivity contribution >= 4 is 5.97 Å². The number of carbonyl (C=O) groups is 1. The first-order valence-electron chi connectivity index (χ1n) is 4.66. The zero-order valence-electron chi connectivity index (χ0n) is 7.58. The fourth-order valence-corrected chi connectivity index (χ4v) is 1.62. The van der Waals surface area contributed by atoms with Crippen LogP contribution in [0.5, 0.6) is 0 Å². The normalized spacial score (nSPS) is 21.8. The molecule has 1 saturated carbocycles. The third-order valence-electron chi connectivity index (χ3n) is 2.24. The van der Waals surface area contributed by atoms with Crippen molar-refractivity contribution < 1.29 is 9.53 Å². The summed E-state index contributed by atoms with van der Waals surface area (Å²) in [6.45, 7) is 1.68. The quantitative estimate of drug-likeness (QED) is 0.505. The Hall–Kier alpha value is -0.570. The van der Waals surface area contributed by atoms with E-state index in [4.69, 9.17) is 10.5 Å². The van der Waals surface area contributed by atoms with Crippen molar-refractivity contribution in [2.24, 2.45) is 11.7 Å². The van der Waals surface area contributed by atoms with Crippen LogP contribution in [0.4, 0.5) is 0 Å². The second kappa shape index (κ2) is 4.45. The van der Waals surface area contributed by atoms with Crippen molar-refractivity contribution in [3.8, 4) is 0 Å². The summed E-state index contributed by atoms with van der Waals surface area (Å²) in [6.07, 6.45) is 5.05. The van der Waals surface area contributed by atoms with Crippen LogP contribution in [0.25, 0.3) is 0 Å². The van der Waals surface area contributed by atoms with Gasteiger partial charge in [-0.3, -0.25) is 10.5 Å². The van der Waals surface area contributed by atoms with E-state index in [0.29, 0.717) is 0 Å². The van der Waals surface area contributed by atoms with Gasteiger partial charge < -0.3 is 4.74 Å². The molecule has 0 aromatic carbocycles. The van der Waals surface area contributed by atoms with Crippen LogP contribution in [-0.4, -0.2) is 12.2 Å². The van der Waals surface area contributed by atoms with Crippen molar-refractivity contribution in [2.45, 2.75) is 45.3 Å². The first-order chi connectivity index (χ1) is 5.70. The Bertz CT molecular complexity index is 151. The van der Waals surface area contributed by atoms with Crippen LogP contribution in [0.1, 0.15) is 39.0 Å². The largest absolute Gasteiger partial charge is 0.447 e. The molecular weight excluding hydrogens is 154 g/mol. The monoisotopic (exact) mass is 171 g/mol. The van der Waals surface area contributed by atoms with Crippen molar-refractivity contribution in [1.82, 2.24) is 0 Å². The number of hydrogen-bond acceptors (Lipinski definition) is 3. The van der Waals surface area contributed by atoms with Gasteiger partial charge in [0, 0.05) is 0 Å². The Morgan fingerprint density at radius 3 is 2.50 bits per heavy atom. The maximum absolute atomic E-state index is 11.3. The number of rotatable bonds is 2. The van der Waals surface area contributed by atoms with Gasteiger partial charge in [-0.05, 0) is 19.8 Å². The summed E-state index contributed by atoms with van der Waals surface area (Å²) < 4.78 is 4.93. The fraction of sp³-hybridized carbons (Fsp3) is 0.889. The van der Waals surface area contributed by atoms with E-state index in [2.05, 4.69) is 0 Å². The molecule has 0 aromatic rings. The lowest BCUT2D eigenvalue weighted by atomic mass is 9.89. The zero-order valence-corrected chi connectivity index (χ0v) is 7.58. The van der Waals surface area contributed by atoms with Gasteiger partial charge in [-0.25, -0.2) is 0 Å². The molecule has 0 aliphatic heterocycles. The molecule has 2 N–H and O–H groups in total. The van der Waals surface area contributed by atoms with Gasteiger partial charge in [0.15, 0.2) is 0 Å². The lowest BCUT2D eigenvalue weighted by Gasteiger charge is -2.20. The molecular formula is C9H17NO2. The second-order valence-electron chi connectivity index (χ2n) is 3.48. The SMILES string of the molecule is CC(N)OC(=O)C1CCCCC1. The summed E-state index contributed by atoms with van der Waals surface area (Å²) in [7, 11) is 0. The Morgan fingerprint density at radius 2 is 2.00 bits per heavy atom. The molecule has 3 heteroatoms. The van der Waals surface area contributed by atoms with E-state index in [9.17, 15) is 4.79 Å². The average molecular weight is 171 g/mol. The minimum absolute atomic E-state index is 0.107. The van der Waals surface area contributed by atoms with Gasteiger partial charge in [0.1, 0.15) is 6.23 Å². The van der Waals surface area contributed by atoms with Crippen LogP contribution >= 0.6 is 0 Å². The van der Waals surface area contributed by atoms with Crippen LogP contribution in [0.15, 0.2) is 0 Å². The molecule has 0 saturated heterocycles. The Balaban J connectivity index is 2.30. The van der Waals surface area contributed by atoms with Crippen LogP contribution in [0.3, 0.4) is 0 Å². The minimum Gasteiger partial charge on any atom is -0.447 e. The molecule has 1 aliphatic carbocycles. The van der Waals surface area contributed by atoms with Crippen LogP contribution in [-0.2, 0) is 9.53 Å². The van der Waals surface area contributed by atoms with E-state index in [1.54, 1.807) is 6.92 Å². The number of ether oxygens (including phenoxy) is 1. The van der Waals surface area contributed by atoms with Gasteiger partial charge in [0.25, 0.3) is 0 Å². The third kappa shape index (κ3) is 2.81. The number of carbonyl (C=O) groups excluding carboxylic acids is 1. The van der Waals surface area contributed by atoms with Gasteiger partial charge >= 0.3 is 5.97 Å². The summed E-state index contributed by atoms with van der Waals surface area (Å²) in [5.74, 6) is 0.00875. The number of esters is 1. The molecule has 1 fully saturated rings. The fourth-order valence-electron chi connectivity index (χ4n) is 1.62. The average Bonchev–Trinajstić information content (AvgIpc) is 2.05. The topological polar surface area (TPSA) is 52.3 Å². The maximum Gasteiger partial charge on any atom is 0.310 e. The van der Waals surface area contributed by atoms with Gasteiger partial charge in [-0.15, -0.1) is 0 Å². The lowest BCUT2D eigenvalue weighted by Crippen LogP contribution is -2.28. The van der Waals surface area contributed by atoms with Gasteiger partial charge in [0.2, 0.25) is 0 Å². The predicted molar refractivity (Wildman–Crippen MR) is 46.3 cm³/mol. The third-order valence-corrected chi connectivity index (χ3v) is 2.24. The zero-order chi connectivity index (χ0) is 8.97. The van der Waals surface area contributed by atoms with Gasteiger partial charge in [0.05, 0.1) is 5.92 Å². The summed E-state index contributed by atoms with van der Waals surface area (Å²) in [6, 6.07) is 0. The van der Waals surface area contributed by atoms with E-state index >= 15 is 0 Å². The maximum atomic E-state index is 11.3. The molecule has 0 aromatic heterocycles. The van der Waals surface area contributed by atoms with E-state index < -0.39 is 6.23 Å². The van der Waals surface area contributed by atoms with E-state index in [1.807, 2.05) is 0 Å². The van der Waals surface area contributed by atoms with Crippen LogP contribution in [0.2, 0.25) is 0 Å². The molecule has 0 heterocycles. The molecule has 3 nitrogen and oxygen atoms in total. The Morgan fingerprint density at radius 1 is 1.42 bits per heavy atom. The summed E-state index contributed by atoms with van der Waals surface area (Å²) >= 11 is 0. The summed E-state index contributed by atoms with van der Waals surface area (Å²) in [5.41, 5.74) is 5.36. The minimum atomic E-state index is -0.459. The molecule has 0 radical (unpaired) electrons. The molecule has 0 amide bonds. The van der Waals surface area contributed by atoms with E-state index in [-0.39, 0.29) is 11.9 Å². The molecule has 0 spiro atoms. The van der Waals surface area contributed by atoms with Gasteiger partial charge in [-0.1, -0.05) is 19.3 Å². The Kier molecular flexibility index (Phi) is 3.53. The molecule has 0 bridgehead atoms. The summed E-state index contributed by atoms with van der Waals surface area (Å²) in [5, 5.41) is 0. The number of hydrogen-bond donors (Lipinski definition) is 1. The molecule has 1 unspecified atom stereocenters. The van der Waals surface area contributed by atoms with E-state index in [0.717, 1.165) is 25.7 Å². The molecule has 70 valence electrons. The van der Waals surface area contributed by atoms with Crippen molar-refractivity contribution in [3.05, 3.63) is 0 Å². The van der Waals surface area contributed by atoms with Crippen molar-refractivity contribution in [2.75, 3.05) is 0 Å². The van der Waals surface area contributed by atoms with Gasteiger partial charge in [-0.2, -0.15) is 0 Å². The highest BCUT2D eigenvalue weighted by molar-refractivity contribution is 5.72. The first kappa shape index (κ1) is 9.52. The van der Waals surface area contributed by atoms with Crippen LogP contribution in [0, 0.1) is 5.92 Å². The van der Waals surface area contributed by atoms with Crippen LogP contribution < -0.4 is 5.73 Å². The predicted octanol–water partition coefficient (Wildman–Crippen LogP) is 1.41. The van der Waals surface area contributed by atoms with Crippen molar-refractivity contribution in [3.63, 3.8) is 0 Å². The summed E-state index contributed by atoms with van der Waals surface area (Å²) in [4.78, 5) is 11.3. The lowest BCUT2D eigenvalue weighted by molar-refractivity contribution is -0.154.